The van der Waals surface area contributed by atoms with Crippen LogP contribution in [-0.2, 0) is 6.42 Å². The van der Waals surface area contributed by atoms with Gasteiger partial charge in [-0.15, -0.1) is 0 Å². The number of hydrogen-bond donors (Lipinski definition) is 2. The number of ether oxygens (including phenoxy) is 1. The number of hydrogen-bond acceptors (Lipinski definition) is 6. The Balaban J connectivity index is 1.35. The smallest absolute Gasteiger partial charge is 0.261 e. The second-order valence-electron chi connectivity index (χ2n) is 9.35. The molecule has 0 aliphatic carbocycles. The van der Waals surface area contributed by atoms with Crippen molar-refractivity contribution in [3.63, 3.8) is 0 Å². The number of nitrogens with one attached hydrogen (secondary N) is 2. The Morgan fingerprint density at radius 2 is 2.24 bits per heavy atom. The van der Waals surface area contributed by atoms with Crippen LogP contribution in [-0.4, -0.2) is 49.4 Å². The lowest BCUT2D eigenvalue weighted by Crippen LogP contribution is -2.24. The van der Waals surface area contributed by atoms with E-state index in [1.807, 2.05) is 12.3 Å². The number of aromatic amines is 1. The highest BCUT2D eigenvalue weighted by atomic mass is 16.5. The summed E-state index contributed by atoms with van der Waals surface area (Å²) in [5.74, 6) is 0.995. The highest BCUT2D eigenvalue weighted by Gasteiger charge is 2.34. The molecule has 6 rings (SSSR count). The zero-order valence-corrected chi connectivity index (χ0v) is 18.6. The molecule has 9 nitrogen and oxygen atoms in total. The number of amides is 1. The number of fused-ring (bicyclic) bond motifs is 2. The zero-order valence-electron chi connectivity index (χ0n) is 18.6. The van der Waals surface area contributed by atoms with Gasteiger partial charge < -0.3 is 15.0 Å². The maximum absolute atomic E-state index is 13.3. The van der Waals surface area contributed by atoms with E-state index in [-0.39, 0.29) is 11.5 Å². The second-order valence-corrected chi connectivity index (χ2v) is 9.35. The fourth-order valence-electron chi connectivity index (χ4n) is 4.90. The fourth-order valence-corrected chi connectivity index (χ4v) is 4.90. The number of rotatable bonds is 4. The Hall–Kier alpha value is -3.88. The van der Waals surface area contributed by atoms with Crippen LogP contribution in [0.3, 0.4) is 0 Å². The van der Waals surface area contributed by atoms with Crippen LogP contribution in [0.4, 0.5) is 11.4 Å². The van der Waals surface area contributed by atoms with Crippen molar-refractivity contribution in [2.24, 2.45) is 0 Å². The van der Waals surface area contributed by atoms with Gasteiger partial charge >= 0.3 is 0 Å². The summed E-state index contributed by atoms with van der Waals surface area (Å²) < 4.78 is 7.80. The van der Waals surface area contributed by atoms with E-state index in [0.717, 1.165) is 54.3 Å². The van der Waals surface area contributed by atoms with Crippen LogP contribution in [0.5, 0.6) is 5.75 Å². The van der Waals surface area contributed by atoms with E-state index >= 15 is 0 Å². The monoisotopic (exact) mass is 443 g/mol. The Bertz CT molecular complexity index is 1340. The minimum absolute atomic E-state index is 0.230. The third kappa shape index (κ3) is 3.49. The summed E-state index contributed by atoms with van der Waals surface area (Å²) in [6, 6.07) is 7.94. The molecule has 0 saturated carbocycles. The van der Waals surface area contributed by atoms with Gasteiger partial charge in [0.15, 0.2) is 5.65 Å². The van der Waals surface area contributed by atoms with Crippen molar-refractivity contribution in [1.82, 2.24) is 24.8 Å². The Labute approximate surface area is 190 Å². The molecule has 2 N–H and O–H groups in total. The molecule has 9 heteroatoms. The molecule has 33 heavy (non-hydrogen) atoms. The topological polar surface area (TPSA) is 100 Å². The van der Waals surface area contributed by atoms with Crippen LogP contribution in [0.2, 0.25) is 0 Å². The number of nitrogens with zero attached hydrogens (tertiary/aromatic N) is 5. The fraction of sp³-hybridized carbons (Fsp3) is 0.333. The van der Waals surface area contributed by atoms with Crippen LogP contribution in [0.1, 0.15) is 47.8 Å². The summed E-state index contributed by atoms with van der Waals surface area (Å²) in [5.41, 5.74) is 4.60. The summed E-state index contributed by atoms with van der Waals surface area (Å²) in [6.45, 7) is 5.87. The van der Waals surface area contributed by atoms with Crippen LogP contribution in [0.25, 0.3) is 5.65 Å². The molecule has 2 aliphatic heterocycles. The highest BCUT2D eigenvalue weighted by molar-refractivity contribution is 6.09. The van der Waals surface area contributed by atoms with Crippen LogP contribution >= 0.6 is 0 Å². The number of anilines is 2. The first kappa shape index (κ1) is 19.8. The quantitative estimate of drug-likeness (QED) is 0.501. The molecule has 1 aromatic carbocycles. The van der Waals surface area contributed by atoms with Crippen molar-refractivity contribution in [2.75, 3.05) is 23.3 Å². The average Bonchev–Trinajstić information content (AvgIpc) is 3.56. The Morgan fingerprint density at radius 1 is 1.33 bits per heavy atom. The molecule has 0 radical (unpaired) electrons. The van der Waals surface area contributed by atoms with Crippen molar-refractivity contribution < 1.29 is 9.53 Å². The van der Waals surface area contributed by atoms with Gasteiger partial charge in [-0.2, -0.15) is 10.2 Å². The van der Waals surface area contributed by atoms with Gasteiger partial charge in [-0.3, -0.25) is 9.89 Å². The van der Waals surface area contributed by atoms with Crippen molar-refractivity contribution in [2.45, 2.75) is 38.2 Å². The molecular formula is C24H25N7O2. The largest absolute Gasteiger partial charge is 0.487 e. The zero-order chi connectivity index (χ0) is 22.6. The van der Waals surface area contributed by atoms with E-state index in [1.54, 1.807) is 29.2 Å². The van der Waals surface area contributed by atoms with Gasteiger partial charge in [0, 0.05) is 55.6 Å². The lowest BCUT2D eigenvalue weighted by Gasteiger charge is -2.23. The lowest BCUT2D eigenvalue weighted by molar-refractivity contribution is 0.102. The van der Waals surface area contributed by atoms with Gasteiger partial charge in [-0.1, -0.05) is 0 Å². The average molecular weight is 444 g/mol. The Morgan fingerprint density at radius 3 is 3.09 bits per heavy atom. The number of carbonyl (C=O) groups is 1. The van der Waals surface area contributed by atoms with Crippen LogP contribution in [0.15, 0.2) is 49.1 Å². The van der Waals surface area contributed by atoms with E-state index in [9.17, 15) is 4.79 Å². The van der Waals surface area contributed by atoms with E-state index in [4.69, 9.17) is 4.74 Å². The molecule has 0 spiro atoms. The van der Waals surface area contributed by atoms with Crippen LogP contribution < -0.4 is 15.0 Å². The van der Waals surface area contributed by atoms with Gasteiger partial charge in [0.05, 0.1) is 23.3 Å². The van der Waals surface area contributed by atoms with E-state index in [0.29, 0.717) is 17.1 Å². The van der Waals surface area contributed by atoms with Crippen molar-refractivity contribution in [3.05, 3.63) is 65.9 Å². The molecule has 1 atom stereocenters. The van der Waals surface area contributed by atoms with Crippen molar-refractivity contribution in [3.8, 4) is 5.75 Å². The number of aromatic nitrogens is 5. The minimum Gasteiger partial charge on any atom is -0.487 e. The van der Waals surface area contributed by atoms with E-state index < -0.39 is 0 Å². The molecule has 5 heterocycles. The summed E-state index contributed by atoms with van der Waals surface area (Å²) in [7, 11) is 0. The van der Waals surface area contributed by atoms with E-state index in [2.05, 4.69) is 56.5 Å². The third-order valence-corrected chi connectivity index (χ3v) is 6.42. The number of H-pyrrole nitrogens is 1. The Kier molecular flexibility index (Phi) is 4.39. The van der Waals surface area contributed by atoms with E-state index in [1.165, 1.54) is 0 Å². The first-order valence-electron chi connectivity index (χ1n) is 11.2. The van der Waals surface area contributed by atoms with Gasteiger partial charge in [0.25, 0.3) is 5.91 Å². The van der Waals surface area contributed by atoms with Crippen molar-refractivity contribution >= 4 is 22.9 Å². The molecule has 168 valence electrons. The SMILES string of the molecule is CC1(C)Cc2cc(NC(=O)c3cnn4cccnc34)c(N3CCC(c4cc[nH]n4)C3)cc2O1. The maximum atomic E-state index is 13.3. The standard InChI is InChI=1S/C24H25N7O2/c1-24(2)12-16-10-19(28-23(32)17-13-27-31-8-3-6-25-22(17)31)20(11-21(16)33-24)30-9-5-15(14-30)18-4-7-26-29-18/h3-4,6-8,10-11,13,15H,5,9,12,14H2,1-2H3,(H,26,29)(H,28,32). The predicted octanol–water partition coefficient (Wildman–Crippen LogP) is 3.41. The summed E-state index contributed by atoms with van der Waals surface area (Å²) >= 11 is 0. The summed E-state index contributed by atoms with van der Waals surface area (Å²) in [6.07, 6.45) is 8.64. The van der Waals surface area contributed by atoms with Gasteiger partial charge in [0.2, 0.25) is 0 Å². The number of benzene rings is 1. The normalized spacial score (nSPS) is 19.0. The number of carbonyl (C=O) groups excluding carboxylic acids is 1. The molecular weight excluding hydrogens is 418 g/mol. The summed E-state index contributed by atoms with van der Waals surface area (Å²) in [5, 5.41) is 14.7. The van der Waals surface area contributed by atoms with Gasteiger partial charge in [0.1, 0.15) is 16.9 Å². The highest BCUT2D eigenvalue weighted by Crippen LogP contribution is 2.43. The first-order chi connectivity index (χ1) is 16.0. The predicted molar refractivity (Wildman–Crippen MR) is 124 cm³/mol. The minimum atomic E-state index is -0.267. The maximum Gasteiger partial charge on any atom is 0.261 e. The third-order valence-electron chi connectivity index (χ3n) is 6.42. The molecule has 2 aliphatic rings. The van der Waals surface area contributed by atoms with Gasteiger partial charge in [-0.25, -0.2) is 9.50 Å². The molecule has 1 unspecified atom stereocenters. The molecule has 1 fully saturated rings. The molecule has 4 aromatic rings. The summed E-state index contributed by atoms with van der Waals surface area (Å²) in [4.78, 5) is 19.9. The molecule has 3 aromatic heterocycles. The lowest BCUT2D eigenvalue weighted by atomic mass is 10.0. The second kappa shape index (κ2) is 7.33. The molecule has 0 bridgehead atoms. The van der Waals surface area contributed by atoms with Crippen LogP contribution in [0, 0.1) is 0 Å². The van der Waals surface area contributed by atoms with Gasteiger partial charge in [-0.05, 0) is 38.5 Å². The van der Waals surface area contributed by atoms with Crippen molar-refractivity contribution in [1.29, 1.82) is 0 Å². The first-order valence-corrected chi connectivity index (χ1v) is 11.2. The molecule has 1 amide bonds. The molecule has 1 saturated heterocycles.